The lowest BCUT2D eigenvalue weighted by atomic mass is 10.2. The quantitative estimate of drug-likeness (QED) is 0.807. The lowest BCUT2D eigenvalue weighted by Crippen LogP contribution is -2.36. The predicted octanol–water partition coefficient (Wildman–Crippen LogP) is 1.88. The SMILES string of the molecule is Cc1ccsc1CCN(C)C(C)CN. The molecule has 1 aromatic rings. The van der Waals surface area contributed by atoms with Gasteiger partial charge in [0.05, 0.1) is 0 Å². The molecule has 3 heteroatoms. The lowest BCUT2D eigenvalue weighted by Gasteiger charge is -2.22. The van der Waals surface area contributed by atoms with E-state index in [1.807, 2.05) is 11.3 Å². The van der Waals surface area contributed by atoms with Crippen molar-refractivity contribution in [3.63, 3.8) is 0 Å². The van der Waals surface area contributed by atoms with Gasteiger partial charge in [0.15, 0.2) is 0 Å². The van der Waals surface area contributed by atoms with Crippen molar-refractivity contribution >= 4 is 11.3 Å². The largest absolute Gasteiger partial charge is 0.329 e. The highest BCUT2D eigenvalue weighted by molar-refractivity contribution is 7.10. The molecule has 1 rings (SSSR count). The molecule has 0 radical (unpaired) electrons. The fourth-order valence-electron chi connectivity index (χ4n) is 1.34. The molecule has 0 fully saturated rings. The number of nitrogens with zero attached hydrogens (tertiary/aromatic N) is 1. The Kier molecular flexibility index (Phi) is 4.58. The number of nitrogens with two attached hydrogens (primary N) is 1. The molecule has 0 aliphatic rings. The van der Waals surface area contributed by atoms with Crippen molar-refractivity contribution in [1.82, 2.24) is 4.90 Å². The van der Waals surface area contributed by atoms with E-state index in [2.05, 4.69) is 37.2 Å². The molecule has 0 saturated carbocycles. The molecule has 2 N–H and O–H groups in total. The van der Waals surface area contributed by atoms with Gasteiger partial charge in [-0.05, 0) is 44.3 Å². The van der Waals surface area contributed by atoms with Gasteiger partial charge in [-0.15, -0.1) is 11.3 Å². The van der Waals surface area contributed by atoms with Gasteiger partial charge < -0.3 is 10.6 Å². The van der Waals surface area contributed by atoms with Gasteiger partial charge in [-0.2, -0.15) is 0 Å². The zero-order valence-electron chi connectivity index (χ0n) is 9.29. The van der Waals surface area contributed by atoms with E-state index in [9.17, 15) is 0 Å². The van der Waals surface area contributed by atoms with Crippen LogP contribution >= 0.6 is 11.3 Å². The summed E-state index contributed by atoms with van der Waals surface area (Å²) in [5.41, 5.74) is 7.03. The first-order chi connectivity index (χ1) is 6.65. The Balaban J connectivity index is 2.37. The Morgan fingerprint density at radius 1 is 1.57 bits per heavy atom. The zero-order valence-corrected chi connectivity index (χ0v) is 10.1. The summed E-state index contributed by atoms with van der Waals surface area (Å²) in [6.45, 7) is 6.18. The molecular formula is C11H20N2S. The monoisotopic (exact) mass is 212 g/mol. The molecule has 0 amide bonds. The van der Waals surface area contributed by atoms with Crippen molar-refractivity contribution in [1.29, 1.82) is 0 Å². The Morgan fingerprint density at radius 2 is 2.29 bits per heavy atom. The number of hydrogen-bond donors (Lipinski definition) is 1. The first-order valence-corrected chi connectivity index (χ1v) is 5.96. The van der Waals surface area contributed by atoms with E-state index in [1.165, 1.54) is 10.4 Å². The highest BCUT2D eigenvalue weighted by Crippen LogP contribution is 2.16. The molecule has 14 heavy (non-hydrogen) atoms. The molecule has 0 saturated heterocycles. The second-order valence-electron chi connectivity index (χ2n) is 3.84. The molecule has 0 bridgehead atoms. The topological polar surface area (TPSA) is 29.3 Å². The molecule has 1 unspecified atom stereocenters. The summed E-state index contributed by atoms with van der Waals surface area (Å²) < 4.78 is 0. The molecule has 1 atom stereocenters. The van der Waals surface area contributed by atoms with E-state index < -0.39 is 0 Å². The zero-order chi connectivity index (χ0) is 10.6. The van der Waals surface area contributed by atoms with Crippen LogP contribution in [-0.4, -0.2) is 31.1 Å². The molecule has 0 spiro atoms. The van der Waals surface area contributed by atoms with E-state index in [1.54, 1.807) is 0 Å². The summed E-state index contributed by atoms with van der Waals surface area (Å²) >= 11 is 1.85. The van der Waals surface area contributed by atoms with Crippen LogP contribution in [0.25, 0.3) is 0 Å². The molecule has 0 aliphatic heterocycles. The van der Waals surface area contributed by atoms with Crippen LogP contribution < -0.4 is 5.73 Å². The van der Waals surface area contributed by atoms with Crippen molar-refractivity contribution < 1.29 is 0 Å². The van der Waals surface area contributed by atoms with Gasteiger partial charge in [0.2, 0.25) is 0 Å². The van der Waals surface area contributed by atoms with Crippen LogP contribution in [0.5, 0.6) is 0 Å². The number of thiophene rings is 1. The minimum Gasteiger partial charge on any atom is -0.329 e. The Bertz CT molecular complexity index is 270. The third kappa shape index (κ3) is 3.08. The van der Waals surface area contributed by atoms with Crippen molar-refractivity contribution in [2.75, 3.05) is 20.1 Å². The first kappa shape index (κ1) is 11.7. The van der Waals surface area contributed by atoms with Crippen LogP contribution in [-0.2, 0) is 6.42 Å². The Labute approximate surface area is 90.7 Å². The average Bonchev–Trinajstić information content (AvgIpc) is 2.59. The van der Waals surface area contributed by atoms with Crippen molar-refractivity contribution in [2.45, 2.75) is 26.3 Å². The maximum Gasteiger partial charge on any atom is 0.0187 e. The summed E-state index contributed by atoms with van der Waals surface area (Å²) in [6.07, 6.45) is 1.14. The fraction of sp³-hybridized carbons (Fsp3) is 0.636. The van der Waals surface area contributed by atoms with Crippen LogP contribution in [0.3, 0.4) is 0 Å². The van der Waals surface area contributed by atoms with E-state index >= 15 is 0 Å². The second kappa shape index (κ2) is 5.49. The van der Waals surface area contributed by atoms with E-state index in [4.69, 9.17) is 5.73 Å². The molecule has 80 valence electrons. The van der Waals surface area contributed by atoms with Gasteiger partial charge in [-0.25, -0.2) is 0 Å². The standard InChI is InChI=1S/C11H20N2S/c1-9-5-7-14-11(9)4-6-13(3)10(2)8-12/h5,7,10H,4,6,8,12H2,1-3H3. The summed E-state index contributed by atoms with van der Waals surface area (Å²) in [5.74, 6) is 0. The van der Waals surface area contributed by atoms with E-state index in [0.29, 0.717) is 6.04 Å². The number of hydrogen-bond acceptors (Lipinski definition) is 3. The number of rotatable bonds is 5. The van der Waals surface area contributed by atoms with Crippen LogP contribution in [0, 0.1) is 6.92 Å². The minimum atomic E-state index is 0.482. The Morgan fingerprint density at radius 3 is 2.79 bits per heavy atom. The number of likely N-dealkylation sites (N-methyl/N-ethyl adjacent to an activating group) is 1. The van der Waals surface area contributed by atoms with Crippen LogP contribution in [0.1, 0.15) is 17.4 Å². The third-order valence-electron chi connectivity index (χ3n) is 2.75. The minimum absolute atomic E-state index is 0.482. The second-order valence-corrected chi connectivity index (χ2v) is 4.84. The van der Waals surface area contributed by atoms with E-state index in [0.717, 1.165) is 19.5 Å². The van der Waals surface area contributed by atoms with Crippen molar-refractivity contribution in [3.05, 3.63) is 21.9 Å². The van der Waals surface area contributed by atoms with Crippen LogP contribution in [0.4, 0.5) is 0 Å². The van der Waals surface area contributed by atoms with Crippen LogP contribution in [0.2, 0.25) is 0 Å². The summed E-state index contributed by atoms with van der Waals surface area (Å²) in [7, 11) is 2.14. The van der Waals surface area contributed by atoms with Gasteiger partial charge in [0.25, 0.3) is 0 Å². The smallest absolute Gasteiger partial charge is 0.0187 e. The summed E-state index contributed by atoms with van der Waals surface area (Å²) in [4.78, 5) is 3.82. The summed E-state index contributed by atoms with van der Waals surface area (Å²) in [5, 5.41) is 2.16. The Hall–Kier alpha value is -0.380. The maximum atomic E-state index is 5.61. The molecule has 1 aromatic heterocycles. The summed E-state index contributed by atoms with van der Waals surface area (Å²) in [6, 6.07) is 2.67. The van der Waals surface area contributed by atoms with Gasteiger partial charge in [-0.3, -0.25) is 0 Å². The molecular weight excluding hydrogens is 192 g/mol. The van der Waals surface area contributed by atoms with Gasteiger partial charge in [0.1, 0.15) is 0 Å². The van der Waals surface area contributed by atoms with Crippen molar-refractivity contribution in [3.8, 4) is 0 Å². The molecule has 2 nitrogen and oxygen atoms in total. The van der Waals surface area contributed by atoms with Crippen LogP contribution in [0.15, 0.2) is 11.4 Å². The third-order valence-corrected chi connectivity index (χ3v) is 3.84. The van der Waals surface area contributed by atoms with E-state index in [-0.39, 0.29) is 0 Å². The highest BCUT2D eigenvalue weighted by atomic mass is 32.1. The average molecular weight is 212 g/mol. The molecule has 0 aromatic carbocycles. The molecule has 1 heterocycles. The van der Waals surface area contributed by atoms with Crippen molar-refractivity contribution in [2.24, 2.45) is 5.73 Å². The van der Waals surface area contributed by atoms with Gasteiger partial charge >= 0.3 is 0 Å². The molecule has 0 aliphatic carbocycles. The van der Waals surface area contributed by atoms with Gasteiger partial charge in [0, 0.05) is 24.0 Å². The number of aryl methyl sites for hydroxylation is 1. The predicted molar refractivity (Wildman–Crippen MR) is 63.9 cm³/mol. The van der Waals surface area contributed by atoms with Gasteiger partial charge in [-0.1, -0.05) is 0 Å². The normalized spacial score (nSPS) is 13.5. The highest BCUT2D eigenvalue weighted by Gasteiger charge is 2.07. The first-order valence-electron chi connectivity index (χ1n) is 5.08. The maximum absolute atomic E-state index is 5.61. The fourth-order valence-corrected chi connectivity index (χ4v) is 2.24. The lowest BCUT2D eigenvalue weighted by molar-refractivity contribution is 0.266.